The summed E-state index contributed by atoms with van der Waals surface area (Å²) in [5.41, 5.74) is 9.11. The van der Waals surface area contributed by atoms with Gasteiger partial charge in [0.05, 0.1) is 5.69 Å². The Balaban J connectivity index is 1.97. The molecule has 110 valence electrons. The van der Waals surface area contributed by atoms with Crippen molar-refractivity contribution in [2.75, 3.05) is 17.7 Å². The zero-order chi connectivity index (χ0) is 15.4. The summed E-state index contributed by atoms with van der Waals surface area (Å²) in [5.74, 6) is 0.202. The molecule has 2 aromatic carbocycles. The summed E-state index contributed by atoms with van der Waals surface area (Å²) in [4.78, 5) is 11.9. The van der Waals surface area contributed by atoms with E-state index in [0.29, 0.717) is 16.5 Å². The maximum Gasteiger partial charge on any atom is 0.262 e. The third-order valence-electron chi connectivity index (χ3n) is 3.21. The largest absolute Gasteiger partial charge is 0.482 e. The Bertz CT molecular complexity index is 671. The smallest absolute Gasteiger partial charge is 0.262 e. The summed E-state index contributed by atoms with van der Waals surface area (Å²) >= 11 is 5.80. The van der Waals surface area contributed by atoms with Crippen molar-refractivity contribution in [3.63, 3.8) is 0 Å². The van der Waals surface area contributed by atoms with Gasteiger partial charge < -0.3 is 15.8 Å². The number of benzene rings is 2. The normalized spacial score (nSPS) is 10.2. The molecule has 2 rings (SSSR count). The molecule has 0 spiro atoms. The van der Waals surface area contributed by atoms with E-state index in [-0.39, 0.29) is 12.5 Å². The van der Waals surface area contributed by atoms with E-state index in [2.05, 4.69) is 5.32 Å². The van der Waals surface area contributed by atoms with Gasteiger partial charge in [-0.1, -0.05) is 23.7 Å². The maximum absolute atomic E-state index is 11.9. The molecule has 0 aromatic heterocycles. The van der Waals surface area contributed by atoms with Crippen molar-refractivity contribution in [2.24, 2.45) is 0 Å². The first-order valence-electron chi connectivity index (χ1n) is 6.51. The maximum atomic E-state index is 11.9. The third kappa shape index (κ3) is 3.89. The van der Waals surface area contributed by atoms with Crippen LogP contribution in [0.1, 0.15) is 11.1 Å². The highest BCUT2D eigenvalue weighted by molar-refractivity contribution is 6.30. The molecule has 0 bridgehead atoms. The topological polar surface area (TPSA) is 64.3 Å². The van der Waals surface area contributed by atoms with Gasteiger partial charge in [0.25, 0.3) is 5.91 Å². The lowest BCUT2D eigenvalue weighted by Crippen LogP contribution is -2.21. The Morgan fingerprint density at radius 2 is 2.05 bits per heavy atom. The lowest BCUT2D eigenvalue weighted by atomic mass is 10.1. The number of nitrogen functional groups attached to an aromatic ring is 1. The van der Waals surface area contributed by atoms with Gasteiger partial charge in [0.15, 0.2) is 6.61 Å². The highest BCUT2D eigenvalue weighted by Gasteiger charge is 2.08. The molecule has 0 aliphatic rings. The number of anilines is 2. The number of hydrogen-bond donors (Lipinski definition) is 2. The molecule has 4 nitrogen and oxygen atoms in total. The zero-order valence-electron chi connectivity index (χ0n) is 11.9. The monoisotopic (exact) mass is 304 g/mol. The van der Waals surface area contributed by atoms with E-state index in [4.69, 9.17) is 22.1 Å². The van der Waals surface area contributed by atoms with E-state index in [1.54, 1.807) is 18.2 Å². The molecule has 5 heteroatoms. The second-order valence-electron chi connectivity index (χ2n) is 4.77. The van der Waals surface area contributed by atoms with Crippen LogP contribution in [0.4, 0.5) is 11.4 Å². The van der Waals surface area contributed by atoms with Crippen LogP contribution >= 0.6 is 11.6 Å². The number of aryl methyl sites for hydroxylation is 1. The van der Waals surface area contributed by atoms with Gasteiger partial charge >= 0.3 is 0 Å². The second kappa shape index (κ2) is 6.50. The number of amides is 1. The molecule has 0 saturated heterocycles. The minimum atomic E-state index is -0.238. The lowest BCUT2D eigenvalue weighted by molar-refractivity contribution is -0.118. The Hall–Kier alpha value is -2.20. The van der Waals surface area contributed by atoms with Crippen LogP contribution in [0.15, 0.2) is 36.4 Å². The SMILES string of the molecule is Cc1cccc(NC(=O)COc2ccc(Cl)cc2N)c1C. The summed E-state index contributed by atoms with van der Waals surface area (Å²) in [7, 11) is 0. The van der Waals surface area contributed by atoms with Gasteiger partial charge in [0, 0.05) is 10.7 Å². The minimum Gasteiger partial charge on any atom is -0.482 e. The Morgan fingerprint density at radius 3 is 2.76 bits per heavy atom. The van der Waals surface area contributed by atoms with Gasteiger partial charge in [-0.25, -0.2) is 0 Å². The highest BCUT2D eigenvalue weighted by Crippen LogP contribution is 2.25. The lowest BCUT2D eigenvalue weighted by Gasteiger charge is -2.12. The zero-order valence-corrected chi connectivity index (χ0v) is 12.7. The summed E-state index contributed by atoms with van der Waals surface area (Å²) in [6, 6.07) is 10.6. The fraction of sp³-hybridized carbons (Fsp3) is 0.188. The molecule has 0 aliphatic carbocycles. The molecule has 0 saturated carbocycles. The number of nitrogens with one attached hydrogen (secondary N) is 1. The van der Waals surface area contributed by atoms with Crippen LogP contribution in [-0.2, 0) is 4.79 Å². The fourth-order valence-corrected chi connectivity index (χ4v) is 2.05. The van der Waals surface area contributed by atoms with E-state index in [0.717, 1.165) is 16.8 Å². The Kier molecular flexibility index (Phi) is 4.70. The molecule has 0 aliphatic heterocycles. The van der Waals surface area contributed by atoms with Gasteiger partial charge in [0.2, 0.25) is 0 Å². The quantitative estimate of drug-likeness (QED) is 0.849. The van der Waals surface area contributed by atoms with Crippen LogP contribution in [0.5, 0.6) is 5.75 Å². The molecule has 21 heavy (non-hydrogen) atoms. The van der Waals surface area contributed by atoms with Crippen molar-refractivity contribution < 1.29 is 9.53 Å². The number of halogens is 1. The number of rotatable bonds is 4. The van der Waals surface area contributed by atoms with Crippen molar-refractivity contribution in [1.29, 1.82) is 0 Å². The van der Waals surface area contributed by atoms with Crippen LogP contribution in [0.25, 0.3) is 0 Å². The van der Waals surface area contributed by atoms with E-state index in [1.165, 1.54) is 0 Å². The van der Waals surface area contributed by atoms with Gasteiger partial charge in [-0.05, 0) is 49.2 Å². The van der Waals surface area contributed by atoms with E-state index in [9.17, 15) is 4.79 Å². The molecule has 0 radical (unpaired) electrons. The number of hydrogen-bond acceptors (Lipinski definition) is 3. The third-order valence-corrected chi connectivity index (χ3v) is 3.44. The van der Waals surface area contributed by atoms with Crippen molar-refractivity contribution in [3.8, 4) is 5.75 Å². The average molecular weight is 305 g/mol. The number of carbonyl (C=O) groups is 1. The van der Waals surface area contributed by atoms with Gasteiger partial charge in [-0.3, -0.25) is 4.79 Å². The predicted octanol–water partition coefficient (Wildman–Crippen LogP) is 3.56. The van der Waals surface area contributed by atoms with Crippen LogP contribution in [-0.4, -0.2) is 12.5 Å². The predicted molar refractivity (Wildman–Crippen MR) is 85.9 cm³/mol. The van der Waals surface area contributed by atoms with Crippen LogP contribution in [0.3, 0.4) is 0 Å². The first kappa shape index (κ1) is 15.2. The summed E-state index contributed by atoms with van der Waals surface area (Å²) < 4.78 is 5.40. The van der Waals surface area contributed by atoms with Crippen LogP contribution in [0, 0.1) is 13.8 Å². The highest BCUT2D eigenvalue weighted by atomic mass is 35.5. The van der Waals surface area contributed by atoms with Gasteiger partial charge in [-0.15, -0.1) is 0 Å². The van der Waals surface area contributed by atoms with E-state index < -0.39 is 0 Å². The van der Waals surface area contributed by atoms with Crippen molar-refractivity contribution in [2.45, 2.75) is 13.8 Å². The molecule has 0 unspecified atom stereocenters. The number of ether oxygens (including phenoxy) is 1. The molecule has 1 amide bonds. The first-order valence-corrected chi connectivity index (χ1v) is 6.89. The number of carbonyl (C=O) groups excluding carboxylic acids is 1. The van der Waals surface area contributed by atoms with Crippen molar-refractivity contribution >= 4 is 28.9 Å². The van der Waals surface area contributed by atoms with Crippen molar-refractivity contribution in [3.05, 3.63) is 52.5 Å². The van der Waals surface area contributed by atoms with Crippen molar-refractivity contribution in [1.82, 2.24) is 0 Å². The standard InChI is InChI=1S/C16H17ClN2O2/c1-10-4-3-5-14(11(10)2)19-16(20)9-21-15-7-6-12(17)8-13(15)18/h3-8H,9,18H2,1-2H3,(H,19,20). The summed E-state index contributed by atoms with van der Waals surface area (Å²) in [6.07, 6.45) is 0. The summed E-state index contributed by atoms with van der Waals surface area (Å²) in [6.45, 7) is 3.85. The second-order valence-corrected chi connectivity index (χ2v) is 5.20. The minimum absolute atomic E-state index is 0.112. The first-order chi connectivity index (χ1) is 9.97. The van der Waals surface area contributed by atoms with E-state index in [1.807, 2.05) is 32.0 Å². The van der Waals surface area contributed by atoms with E-state index >= 15 is 0 Å². The molecular formula is C16H17ClN2O2. The van der Waals surface area contributed by atoms with Crippen LogP contribution in [0.2, 0.25) is 5.02 Å². The van der Waals surface area contributed by atoms with Crippen LogP contribution < -0.4 is 15.8 Å². The molecule has 0 atom stereocenters. The van der Waals surface area contributed by atoms with Gasteiger partial charge in [-0.2, -0.15) is 0 Å². The molecule has 2 aromatic rings. The Morgan fingerprint density at radius 1 is 1.29 bits per heavy atom. The average Bonchev–Trinajstić information content (AvgIpc) is 2.43. The Labute approximate surface area is 128 Å². The molecular weight excluding hydrogens is 288 g/mol. The molecule has 0 heterocycles. The number of nitrogens with two attached hydrogens (primary N) is 1. The molecule has 0 fully saturated rings. The van der Waals surface area contributed by atoms with Gasteiger partial charge in [0.1, 0.15) is 5.75 Å². The fourth-order valence-electron chi connectivity index (χ4n) is 1.87. The summed E-state index contributed by atoms with van der Waals surface area (Å²) in [5, 5.41) is 3.35. The molecule has 3 N–H and O–H groups in total.